The summed E-state index contributed by atoms with van der Waals surface area (Å²) in [5.41, 5.74) is -0.0486. The molecule has 4 rings (SSSR count). The van der Waals surface area contributed by atoms with Crippen molar-refractivity contribution in [1.29, 1.82) is 5.26 Å². The quantitative estimate of drug-likeness (QED) is 0.300. The molecular formula is C20H19N7O2. The van der Waals surface area contributed by atoms with Gasteiger partial charge in [0.25, 0.3) is 5.56 Å². The number of nitrogens with one attached hydrogen (secondary N) is 2. The number of nitrogens with zero attached hydrogens (tertiary/aromatic N) is 5. The monoisotopic (exact) mass is 389 g/mol. The lowest BCUT2D eigenvalue weighted by atomic mass is 10.2. The van der Waals surface area contributed by atoms with Crippen LogP contribution in [0.2, 0.25) is 0 Å². The Morgan fingerprint density at radius 3 is 2.83 bits per heavy atom. The highest BCUT2D eigenvalue weighted by Gasteiger charge is 2.18. The zero-order valence-corrected chi connectivity index (χ0v) is 16.1. The minimum absolute atomic E-state index is 0.0324. The summed E-state index contributed by atoms with van der Waals surface area (Å²) >= 11 is 0. The van der Waals surface area contributed by atoms with Gasteiger partial charge < -0.3 is 15.2 Å². The van der Waals surface area contributed by atoms with E-state index in [-0.39, 0.29) is 33.8 Å². The maximum absolute atomic E-state index is 13.1. The summed E-state index contributed by atoms with van der Waals surface area (Å²) < 4.78 is 1.30. The highest BCUT2D eigenvalue weighted by atomic mass is 16.1. The molecule has 0 radical (unpaired) electrons. The van der Waals surface area contributed by atoms with E-state index in [2.05, 4.69) is 25.2 Å². The summed E-state index contributed by atoms with van der Waals surface area (Å²) in [4.78, 5) is 39.7. The van der Waals surface area contributed by atoms with Crippen molar-refractivity contribution in [1.82, 2.24) is 24.3 Å². The van der Waals surface area contributed by atoms with Gasteiger partial charge in [0.15, 0.2) is 0 Å². The number of nitriles is 1. The van der Waals surface area contributed by atoms with Crippen molar-refractivity contribution >= 4 is 33.5 Å². The van der Waals surface area contributed by atoms with Gasteiger partial charge in [-0.2, -0.15) is 5.26 Å². The van der Waals surface area contributed by atoms with Crippen LogP contribution in [0.1, 0.15) is 12.0 Å². The van der Waals surface area contributed by atoms with E-state index in [0.717, 1.165) is 13.0 Å². The van der Waals surface area contributed by atoms with Gasteiger partial charge in [0, 0.05) is 6.54 Å². The number of hydrogen-bond donors (Lipinski definition) is 2. The van der Waals surface area contributed by atoms with Crippen molar-refractivity contribution in [2.24, 2.45) is 0 Å². The highest BCUT2D eigenvalue weighted by molar-refractivity contribution is 5.86. The molecule has 0 aliphatic rings. The SMILES string of the molecule is CN(C)CCCNc1ncc2c(n1)c(=O)c(C#N)c1[nH]c3ccccc3c(=O)n12. The Hall–Kier alpha value is -3.77. The van der Waals surface area contributed by atoms with Gasteiger partial charge in [-0.25, -0.2) is 9.97 Å². The first-order valence-corrected chi connectivity index (χ1v) is 9.16. The predicted molar refractivity (Wildman–Crippen MR) is 111 cm³/mol. The van der Waals surface area contributed by atoms with Gasteiger partial charge >= 0.3 is 0 Å². The molecule has 4 aromatic rings. The van der Waals surface area contributed by atoms with Crippen LogP contribution in [0.25, 0.3) is 27.6 Å². The second-order valence-electron chi connectivity index (χ2n) is 6.99. The first-order chi connectivity index (χ1) is 14.0. The largest absolute Gasteiger partial charge is 0.354 e. The maximum atomic E-state index is 13.1. The Morgan fingerprint density at radius 2 is 2.07 bits per heavy atom. The first kappa shape index (κ1) is 18.6. The predicted octanol–water partition coefficient (Wildman–Crippen LogP) is 1.32. The number of pyridine rings is 1. The summed E-state index contributed by atoms with van der Waals surface area (Å²) in [6.07, 6.45) is 2.32. The third kappa shape index (κ3) is 3.19. The highest BCUT2D eigenvalue weighted by Crippen LogP contribution is 2.16. The fraction of sp³-hybridized carbons (Fsp3) is 0.250. The summed E-state index contributed by atoms with van der Waals surface area (Å²) in [7, 11) is 3.98. The van der Waals surface area contributed by atoms with Gasteiger partial charge in [0.2, 0.25) is 11.4 Å². The van der Waals surface area contributed by atoms with Crippen LogP contribution in [0.3, 0.4) is 0 Å². The summed E-state index contributed by atoms with van der Waals surface area (Å²) in [5.74, 6) is 0.286. The van der Waals surface area contributed by atoms with Crippen molar-refractivity contribution < 1.29 is 0 Å². The Balaban J connectivity index is 1.94. The Bertz CT molecular complexity index is 1400. The van der Waals surface area contributed by atoms with Gasteiger partial charge in [-0.15, -0.1) is 0 Å². The molecular weight excluding hydrogens is 370 g/mol. The molecule has 3 heterocycles. The average Bonchev–Trinajstić information content (AvgIpc) is 2.71. The molecule has 29 heavy (non-hydrogen) atoms. The molecule has 9 nitrogen and oxygen atoms in total. The van der Waals surface area contributed by atoms with Crippen LogP contribution >= 0.6 is 0 Å². The maximum Gasteiger partial charge on any atom is 0.266 e. The van der Waals surface area contributed by atoms with Crippen molar-refractivity contribution in [3.8, 4) is 6.07 Å². The first-order valence-electron chi connectivity index (χ1n) is 9.16. The van der Waals surface area contributed by atoms with Crippen molar-refractivity contribution in [2.45, 2.75) is 6.42 Å². The van der Waals surface area contributed by atoms with Crippen LogP contribution in [-0.4, -0.2) is 51.4 Å². The Kier molecular flexibility index (Phi) is 4.70. The Labute approximate surface area is 165 Å². The van der Waals surface area contributed by atoms with Crippen LogP contribution in [0.5, 0.6) is 0 Å². The van der Waals surface area contributed by atoms with Crippen molar-refractivity contribution in [3.63, 3.8) is 0 Å². The van der Waals surface area contributed by atoms with Gasteiger partial charge in [-0.1, -0.05) is 12.1 Å². The van der Waals surface area contributed by atoms with Gasteiger partial charge in [-0.05, 0) is 39.2 Å². The molecule has 0 spiro atoms. The molecule has 3 aromatic heterocycles. The zero-order chi connectivity index (χ0) is 20.5. The molecule has 0 aliphatic carbocycles. The molecule has 0 aliphatic heterocycles. The fourth-order valence-electron chi connectivity index (χ4n) is 3.30. The number of para-hydroxylation sites is 1. The molecule has 0 saturated carbocycles. The van der Waals surface area contributed by atoms with Crippen LogP contribution in [0, 0.1) is 11.3 Å². The van der Waals surface area contributed by atoms with Gasteiger partial charge in [-0.3, -0.25) is 14.0 Å². The number of aromatic nitrogens is 4. The molecule has 0 saturated heterocycles. The van der Waals surface area contributed by atoms with E-state index in [4.69, 9.17) is 0 Å². The Morgan fingerprint density at radius 1 is 1.28 bits per heavy atom. The second kappa shape index (κ2) is 7.33. The number of anilines is 1. The number of hydrogen-bond acceptors (Lipinski definition) is 7. The van der Waals surface area contributed by atoms with Crippen LogP contribution in [0.15, 0.2) is 40.1 Å². The third-order valence-electron chi connectivity index (χ3n) is 4.70. The number of benzene rings is 1. The normalized spacial score (nSPS) is 11.4. The smallest absolute Gasteiger partial charge is 0.266 e. The molecule has 1 aromatic carbocycles. The fourth-order valence-corrected chi connectivity index (χ4v) is 3.30. The molecule has 0 amide bonds. The van der Waals surface area contributed by atoms with E-state index < -0.39 is 5.43 Å². The zero-order valence-electron chi connectivity index (χ0n) is 16.1. The molecule has 0 unspecified atom stereocenters. The van der Waals surface area contributed by atoms with E-state index in [9.17, 15) is 14.9 Å². The second-order valence-corrected chi connectivity index (χ2v) is 6.99. The average molecular weight is 389 g/mol. The van der Waals surface area contributed by atoms with Gasteiger partial charge in [0.1, 0.15) is 22.8 Å². The van der Waals surface area contributed by atoms with E-state index >= 15 is 0 Å². The summed E-state index contributed by atoms with van der Waals surface area (Å²) in [6.45, 7) is 1.53. The lowest BCUT2D eigenvalue weighted by Crippen LogP contribution is -2.23. The van der Waals surface area contributed by atoms with Crippen LogP contribution in [-0.2, 0) is 0 Å². The summed E-state index contributed by atoms with van der Waals surface area (Å²) in [6, 6.07) is 8.86. The van der Waals surface area contributed by atoms with Crippen LogP contribution < -0.4 is 16.3 Å². The van der Waals surface area contributed by atoms with E-state index in [1.807, 2.05) is 20.2 Å². The number of aromatic amines is 1. The molecule has 146 valence electrons. The molecule has 0 bridgehead atoms. The molecule has 2 N–H and O–H groups in total. The summed E-state index contributed by atoms with van der Waals surface area (Å²) in [5, 5.41) is 13.1. The lowest BCUT2D eigenvalue weighted by molar-refractivity contribution is 0.405. The van der Waals surface area contributed by atoms with Crippen LogP contribution in [0.4, 0.5) is 5.95 Å². The van der Waals surface area contributed by atoms with E-state index in [0.29, 0.717) is 17.4 Å². The van der Waals surface area contributed by atoms with Crippen molar-refractivity contribution in [2.75, 3.05) is 32.5 Å². The molecule has 9 heteroatoms. The van der Waals surface area contributed by atoms with E-state index in [1.165, 1.54) is 10.6 Å². The minimum atomic E-state index is -0.535. The number of rotatable bonds is 5. The standard InChI is InChI=1S/C20H19N7O2/c1-26(2)9-5-8-22-20-23-11-15-16(25-20)17(28)13(10-21)18-24-14-7-4-3-6-12(14)19(29)27(15)18/h3-4,6-7,11,24H,5,8-9H2,1-2H3,(H,22,23,25). The number of H-pyrrole nitrogens is 1. The van der Waals surface area contributed by atoms with Gasteiger partial charge in [0.05, 0.1) is 22.6 Å². The molecule has 0 atom stereocenters. The third-order valence-corrected chi connectivity index (χ3v) is 4.70. The number of fused-ring (bicyclic) bond motifs is 4. The lowest BCUT2D eigenvalue weighted by Gasteiger charge is -2.11. The van der Waals surface area contributed by atoms with Crippen molar-refractivity contribution in [3.05, 3.63) is 56.6 Å². The topological polar surface area (TPSA) is 119 Å². The molecule has 0 fully saturated rings. The van der Waals surface area contributed by atoms with E-state index in [1.54, 1.807) is 24.3 Å². The minimum Gasteiger partial charge on any atom is -0.354 e.